The Kier molecular flexibility index (Phi) is 10.2. The lowest BCUT2D eigenvalue weighted by atomic mass is 10.0. The summed E-state index contributed by atoms with van der Waals surface area (Å²) in [6.07, 6.45) is 1.50. The summed E-state index contributed by atoms with van der Waals surface area (Å²) in [4.78, 5) is 47.4. The molecule has 240 valence electrons. The van der Waals surface area contributed by atoms with Gasteiger partial charge in [-0.15, -0.1) is 0 Å². The molecular formula is C36H40N4O6. The van der Waals surface area contributed by atoms with Crippen molar-refractivity contribution < 1.29 is 28.6 Å². The van der Waals surface area contributed by atoms with E-state index in [4.69, 9.17) is 14.2 Å². The van der Waals surface area contributed by atoms with Crippen LogP contribution in [0.1, 0.15) is 55.0 Å². The quantitative estimate of drug-likeness (QED) is 0.186. The highest BCUT2D eigenvalue weighted by molar-refractivity contribution is 5.99. The summed E-state index contributed by atoms with van der Waals surface area (Å²) in [5.74, 6) is 0.674. The molecule has 0 bridgehead atoms. The molecule has 2 N–H and O–H groups in total. The van der Waals surface area contributed by atoms with Crippen LogP contribution in [-0.4, -0.2) is 65.2 Å². The van der Waals surface area contributed by atoms with Crippen molar-refractivity contribution in [2.24, 2.45) is 5.92 Å². The first-order valence-electron chi connectivity index (χ1n) is 15.3. The van der Waals surface area contributed by atoms with Gasteiger partial charge >= 0.3 is 12.2 Å². The van der Waals surface area contributed by atoms with Crippen LogP contribution < -0.4 is 5.32 Å². The van der Waals surface area contributed by atoms with E-state index in [1.165, 1.54) is 0 Å². The molecule has 2 heterocycles. The van der Waals surface area contributed by atoms with Crippen LogP contribution in [0.5, 0.6) is 0 Å². The van der Waals surface area contributed by atoms with E-state index in [-0.39, 0.29) is 37.0 Å². The Morgan fingerprint density at radius 1 is 0.935 bits per heavy atom. The number of carbonyl (C=O) groups excluding carboxylic acids is 3. The number of rotatable bonds is 10. The Balaban J connectivity index is 1.22. The Hall–Kier alpha value is -4.96. The molecule has 46 heavy (non-hydrogen) atoms. The molecule has 3 aromatic carbocycles. The van der Waals surface area contributed by atoms with Gasteiger partial charge in [-0.1, -0.05) is 78.9 Å². The maximum Gasteiger partial charge on any atom is 0.410 e. The zero-order valence-corrected chi connectivity index (χ0v) is 26.6. The van der Waals surface area contributed by atoms with Crippen molar-refractivity contribution in [3.63, 3.8) is 0 Å². The van der Waals surface area contributed by atoms with Crippen molar-refractivity contribution in [1.82, 2.24) is 20.2 Å². The van der Waals surface area contributed by atoms with E-state index in [1.807, 2.05) is 66.7 Å². The summed E-state index contributed by atoms with van der Waals surface area (Å²) in [6, 6.07) is 24.7. The maximum atomic E-state index is 13.1. The first-order chi connectivity index (χ1) is 22.1. The van der Waals surface area contributed by atoms with Crippen LogP contribution in [0.25, 0.3) is 22.4 Å². The number of nitrogens with zero attached hydrogens (tertiary/aromatic N) is 2. The molecular weight excluding hydrogens is 584 g/mol. The van der Waals surface area contributed by atoms with Crippen molar-refractivity contribution in [1.29, 1.82) is 0 Å². The topological polar surface area (TPSA) is 123 Å². The number of benzene rings is 3. The number of likely N-dealkylation sites (tertiary alicyclic amines) is 1. The van der Waals surface area contributed by atoms with E-state index in [0.29, 0.717) is 24.5 Å². The van der Waals surface area contributed by atoms with Crippen molar-refractivity contribution >= 4 is 18.0 Å². The zero-order valence-electron chi connectivity index (χ0n) is 26.6. The predicted molar refractivity (Wildman–Crippen MR) is 174 cm³/mol. The van der Waals surface area contributed by atoms with Crippen LogP contribution in [0.2, 0.25) is 0 Å². The highest BCUT2D eigenvalue weighted by Gasteiger charge is 2.38. The fourth-order valence-electron chi connectivity index (χ4n) is 5.45. The van der Waals surface area contributed by atoms with Crippen molar-refractivity contribution in [3.8, 4) is 22.4 Å². The summed E-state index contributed by atoms with van der Waals surface area (Å²) >= 11 is 0. The van der Waals surface area contributed by atoms with E-state index in [0.717, 1.165) is 34.4 Å². The van der Waals surface area contributed by atoms with Gasteiger partial charge in [-0.05, 0) is 49.4 Å². The molecule has 0 radical (unpaired) electrons. The fraction of sp³-hybridized carbons (Fsp3) is 0.333. The molecule has 2 atom stereocenters. The number of carbonyl (C=O) groups is 3. The third-order valence-electron chi connectivity index (χ3n) is 7.67. The number of Topliss-reactive ketones (excluding diaryl/α,β-unsaturated/α-hetero) is 1. The first kappa shape index (κ1) is 32.4. The molecule has 2 amide bonds. The number of nitrogens with one attached hydrogen (secondary N) is 2. The lowest BCUT2D eigenvalue weighted by Gasteiger charge is -2.22. The summed E-state index contributed by atoms with van der Waals surface area (Å²) in [5.41, 5.74) is 4.53. The molecule has 1 saturated heterocycles. The van der Waals surface area contributed by atoms with Gasteiger partial charge in [-0.2, -0.15) is 0 Å². The van der Waals surface area contributed by atoms with Gasteiger partial charge in [0, 0.05) is 25.1 Å². The number of ketones is 1. The average Bonchev–Trinajstić information content (AvgIpc) is 3.71. The molecule has 1 aliphatic heterocycles. The normalized spacial score (nSPS) is 16.2. The second-order valence-electron chi connectivity index (χ2n) is 12.4. The van der Waals surface area contributed by atoms with Gasteiger partial charge in [0.25, 0.3) is 0 Å². The van der Waals surface area contributed by atoms with Crippen LogP contribution in [-0.2, 0) is 20.8 Å². The van der Waals surface area contributed by atoms with Gasteiger partial charge in [0.15, 0.2) is 5.78 Å². The number of alkyl carbamates (subject to hydrolysis) is 1. The van der Waals surface area contributed by atoms with Gasteiger partial charge in [-0.25, -0.2) is 14.6 Å². The molecule has 1 aliphatic rings. The number of hydrogen-bond donors (Lipinski definition) is 2. The highest BCUT2D eigenvalue weighted by Crippen LogP contribution is 2.36. The molecule has 5 rings (SSSR count). The van der Waals surface area contributed by atoms with Gasteiger partial charge in [0.2, 0.25) is 0 Å². The van der Waals surface area contributed by atoms with Crippen molar-refractivity contribution in [3.05, 3.63) is 102 Å². The number of methoxy groups -OCH3 is 1. The molecule has 10 heteroatoms. The fourth-order valence-corrected chi connectivity index (χ4v) is 5.45. The summed E-state index contributed by atoms with van der Waals surface area (Å²) in [6.45, 7) is 6.44. The lowest BCUT2D eigenvalue weighted by Crippen LogP contribution is -2.35. The minimum absolute atomic E-state index is 0.143. The third-order valence-corrected chi connectivity index (χ3v) is 7.67. The molecule has 1 aromatic heterocycles. The van der Waals surface area contributed by atoms with E-state index >= 15 is 0 Å². The minimum Gasteiger partial charge on any atom is -0.445 e. The SMILES string of the molecule is COC[C@H]1C[C@@H](c2ncc(-c3ccc(-c4ccc(C(=O)CNC(=O)OC(C)(C)C)cc4)cc3)[nH]2)N(C(=O)OCc2ccccc2)C1. The summed E-state index contributed by atoms with van der Waals surface area (Å²) in [5, 5.41) is 2.50. The van der Waals surface area contributed by atoms with Crippen LogP contribution in [0, 0.1) is 5.92 Å². The number of imidazole rings is 1. The van der Waals surface area contributed by atoms with Crippen LogP contribution in [0.15, 0.2) is 85.1 Å². The highest BCUT2D eigenvalue weighted by atomic mass is 16.6. The molecule has 0 unspecified atom stereocenters. The molecule has 0 spiro atoms. The zero-order chi connectivity index (χ0) is 32.7. The number of ether oxygens (including phenoxy) is 3. The Bertz CT molecular complexity index is 1630. The molecule has 1 fully saturated rings. The second-order valence-corrected chi connectivity index (χ2v) is 12.4. The average molecular weight is 625 g/mol. The second kappa shape index (κ2) is 14.4. The van der Waals surface area contributed by atoms with Gasteiger partial charge in [0.1, 0.15) is 18.0 Å². The van der Waals surface area contributed by atoms with Crippen molar-refractivity contribution in [2.45, 2.75) is 45.4 Å². The summed E-state index contributed by atoms with van der Waals surface area (Å²) < 4.78 is 16.2. The molecule has 0 saturated carbocycles. The molecule has 0 aliphatic carbocycles. The lowest BCUT2D eigenvalue weighted by molar-refractivity contribution is 0.0520. The molecule has 10 nitrogen and oxygen atoms in total. The number of H-pyrrole nitrogens is 1. The van der Waals surface area contributed by atoms with E-state index in [9.17, 15) is 14.4 Å². The van der Waals surface area contributed by atoms with Crippen molar-refractivity contribution in [2.75, 3.05) is 26.8 Å². The maximum absolute atomic E-state index is 13.1. The van der Waals surface area contributed by atoms with Gasteiger partial charge in [-0.3, -0.25) is 9.69 Å². The largest absolute Gasteiger partial charge is 0.445 e. The number of hydrogen-bond acceptors (Lipinski definition) is 7. The van der Waals surface area contributed by atoms with Crippen LogP contribution >= 0.6 is 0 Å². The standard InChI is InChI=1S/C36H40N4O6/c1-36(2,3)46-34(42)38-20-32(41)29-16-12-27(13-17-29)26-10-14-28(15-11-26)30-19-37-33(39-30)31-18-25(22-44-4)21-40(31)35(43)45-23-24-8-6-5-7-9-24/h5-17,19,25,31H,18,20-23H2,1-4H3,(H,37,39)(H,38,42)/t25-,31-/m0/s1. The Morgan fingerprint density at radius 2 is 1.59 bits per heavy atom. The minimum atomic E-state index is -0.631. The number of aromatic nitrogens is 2. The predicted octanol–water partition coefficient (Wildman–Crippen LogP) is 6.80. The van der Waals surface area contributed by atoms with E-state index in [2.05, 4.69) is 15.3 Å². The van der Waals surface area contributed by atoms with Gasteiger partial charge in [0.05, 0.1) is 31.1 Å². The van der Waals surface area contributed by atoms with Gasteiger partial charge < -0.3 is 24.5 Å². The first-order valence-corrected chi connectivity index (χ1v) is 15.3. The number of amides is 2. The van der Waals surface area contributed by atoms with Crippen LogP contribution in [0.4, 0.5) is 9.59 Å². The Morgan fingerprint density at radius 3 is 2.24 bits per heavy atom. The Labute approximate surface area is 269 Å². The monoisotopic (exact) mass is 624 g/mol. The number of aromatic amines is 1. The smallest absolute Gasteiger partial charge is 0.410 e. The summed E-state index contributed by atoms with van der Waals surface area (Å²) in [7, 11) is 1.67. The molecule has 4 aromatic rings. The van der Waals surface area contributed by atoms with E-state index < -0.39 is 11.7 Å². The third kappa shape index (κ3) is 8.39. The van der Waals surface area contributed by atoms with Crippen LogP contribution in [0.3, 0.4) is 0 Å². The van der Waals surface area contributed by atoms with E-state index in [1.54, 1.807) is 51.1 Å².